The molecule has 1 unspecified atom stereocenters. The molecule has 0 aromatic heterocycles. The summed E-state index contributed by atoms with van der Waals surface area (Å²) in [5.41, 5.74) is 1.31. The number of carbonyl (C=O) groups is 3. The van der Waals surface area contributed by atoms with Gasteiger partial charge in [-0.25, -0.2) is 18.9 Å². The molecule has 0 saturated carbocycles. The summed E-state index contributed by atoms with van der Waals surface area (Å²) in [6.07, 6.45) is -0.813. The number of methoxy groups -OCH3 is 2. The number of carbonyl (C=O) groups excluding carboxylic acids is 3. The highest BCUT2D eigenvalue weighted by molar-refractivity contribution is 7.55. The summed E-state index contributed by atoms with van der Waals surface area (Å²) in [6.45, 7) is 3.48. The third-order valence-electron chi connectivity index (χ3n) is 5.47. The Morgan fingerprint density at radius 2 is 1.21 bits per heavy atom. The van der Waals surface area contributed by atoms with Gasteiger partial charge in [0.15, 0.2) is 5.78 Å². The molecule has 3 aromatic rings. The van der Waals surface area contributed by atoms with Crippen LogP contribution in [-0.2, 0) is 25.4 Å². The van der Waals surface area contributed by atoms with Crippen molar-refractivity contribution in [2.45, 2.75) is 26.2 Å². The normalized spacial score (nSPS) is 11.7. The zero-order chi connectivity index (χ0) is 28.4. The molecule has 39 heavy (non-hydrogen) atoms. The molecule has 0 heterocycles. The number of hydrogen-bond donors (Lipinski definition) is 1. The highest BCUT2D eigenvalue weighted by Crippen LogP contribution is 2.54. The van der Waals surface area contributed by atoms with Crippen molar-refractivity contribution in [1.82, 2.24) is 5.32 Å². The minimum atomic E-state index is -4.21. The van der Waals surface area contributed by atoms with E-state index in [1.54, 1.807) is 26.0 Å². The Labute approximate surface area is 226 Å². The number of nitrogens with one attached hydrogen (secondary N) is 1. The lowest BCUT2D eigenvalue weighted by Gasteiger charge is -2.30. The Kier molecular flexibility index (Phi) is 10.1. The van der Waals surface area contributed by atoms with Crippen LogP contribution in [0.3, 0.4) is 0 Å². The Bertz CT molecular complexity index is 1240. The van der Waals surface area contributed by atoms with E-state index >= 15 is 0 Å². The Hall–Kier alpha value is -4.30. The molecule has 0 aliphatic heterocycles. The van der Waals surface area contributed by atoms with Crippen LogP contribution >= 0.6 is 7.60 Å². The number of amides is 1. The van der Waals surface area contributed by atoms with Crippen molar-refractivity contribution in [1.29, 1.82) is 0 Å². The highest BCUT2D eigenvalue weighted by atomic mass is 31.2. The lowest BCUT2D eigenvalue weighted by Crippen LogP contribution is -2.41. The van der Waals surface area contributed by atoms with E-state index in [9.17, 15) is 18.9 Å². The van der Waals surface area contributed by atoms with Gasteiger partial charge in [0.1, 0.15) is 18.1 Å². The second kappa shape index (κ2) is 13.5. The largest absolute Gasteiger partial charge is 0.465 e. The molecule has 10 nitrogen and oxygen atoms in total. The minimum Gasteiger partial charge on any atom is -0.465 e. The van der Waals surface area contributed by atoms with E-state index in [0.717, 1.165) is 5.56 Å². The minimum absolute atomic E-state index is 0.00743. The molecule has 11 heteroatoms. The first-order valence-electron chi connectivity index (χ1n) is 12.0. The summed E-state index contributed by atoms with van der Waals surface area (Å²) in [5, 5.41) is 2.62. The van der Waals surface area contributed by atoms with Crippen LogP contribution in [-0.4, -0.2) is 38.0 Å². The fraction of sp³-hybridized carbons (Fsp3) is 0.250. The van der Waals surface area contributed by atoms with Crippen molar-refractivity contribution in [3.05, 3.63) is 95.6 Å². The molecule has 0 saturated heterocycles. The van der Waals surface area contributed by atoms with E-state index in [-0.39, 0.29) is 29.2 Å². The summed E-state index contributed by atoms with van der Waals surface area (Å²) < 4.78 is 40.9. The van der Waals surface area contributed by atoms with Crippen LogP contribution in [0.4, 0.5) is 4.79 Å². The van der Waals surface area contributed by atoms with E-state index in [1.165, 1.54) is 62.8 Å². The van der Waals surface area contributed by atoms with Crippen LogP contribution < -0.4 is 14.4 Å². The second-order valence-electron chi connectivity index (χ2n) is 8.65. The maximum atomic E-state index is 14.4. The van der Waals surface area contributed by atoms with Gasteiger partial charge in [0.2, 0.25) is 0 Å². The topological polar surface area (TPSA) is 126 Å². The van der Waals surface area contributed by atoms with Crippen LogP contribution in [0.2, 0.25) is 0 Å². The van der Waals surface area contributed by atoms with Gasteiger partial charge in [-0.05, 0) is 60.0 Å². The van der Waals surface area contributed by atoms with Crippen LogP contribution in [0.1, 0.15) is 40.1 Å². The molecule has 3 rings (SSSR count). The number of rotatable bonds is 11. The van der Waals surface area contributed by atoms with Crippen LogP contribution in [0.15, 0.2) is 78.9 Å². The molecule has 1 N–H and O–H groups in total. The van der Waals surface area contributed by atoms with E-state index in [0.29, 0.717) is 0 Å². The number of hydrogen-bond acceptors (Lipinski definition) is 9. The first-order valence-corrected chi connectivity index (χ1v) is 13.6. The van der Waals surface area contributed by atoms with Gasteiger partial charge in [-0.2, -0.15) is 0 Å². The SMILES string of the molecule is COC(=O)c1ccc(OP(=O)(Oc2ccc(C(=O)OC)cc2)C(NC(=O)OCc2ccccc2)C(C)C)cc1. The van der Waals surface area contributed by atoms with Crippen molar-refractivity contribution in [3.8, 4) is 11.5 Å². The lowest BCUT2D eigenvalue weighted by atomic mass is 10.2. The molecular weight excluding hydrogens is 525 g/mol. The molecule has 1 atom stereocenters. The van der Waals surface area contributed by atoms with Crippen molar-refractivity contribution < 1.29 is 42.2 Å². The third kappa shape index (κ3) is 8.09. The standard InChI is InChI=1S/C28H30NO9P/c1-19(2)25(29-28(32)36-18-20-8-6-5-7-9-20)39(33,37-23-14-10-21(11-15-23)26(30)34-3)38-24-16-12-22(13-17-24)27(31)35-4/h5-17,19,25H,18H2,1-4H3,(H,29,32). The molecule has 0 fully saturated rings. The van der Waals surface area contributed by atoms with Crippen LogP contribution in [0, 0.1) is 5.92 Å². The van der Waals surface area contributed by atoms with Gasteiger partial charge < -0.3 is 28.6 Å². The predicted molar refractivity (Wildman–Crippen MR) is 143 cm³/mol. The van der Waals surface area contributed by atoms with Gasteiger partial charge in [0, 0.05) is 0 Å². The van der Waals surface area contributed by atoms with E-state index < -0.39 is 37.3 Å². The molecule has 206 valence electrons. The molecule has 0 aliphatic rings. The summed E-state index contributed by atoms with van der Waals surface area (Å²) in [6, 6.07) is 20.6. The van der Waals surface area contributed by atoms with E-state index in [2.05, 4.69) is 5.32 Å². The average Bonchev–Trinajstić information content (AvgIpc) is 2.95. The summed E-state index contributed by atoms with van der Waals surface area (Å²) in [7, 11) is -1.69. The van der Waals surface area contributed by atoms with Gasteiger partial charge >= 0.3 is 25.6 Å². The van der Waals surface area contributed by atoms with Gasteiger partial charge in [-0.3, -0.25) is 0 Å². The van der Waals surface area contributed by atoms with Gasteiger partial charge in [-0.1, -0.05) is 44.2 Å². The van der Waals surface area contributed by atoms with Gasteiger partial charge in [0.05, 0.1) is 25.3 Å². The van der Waals surface area contributed by atoms with Crippen molar-refractivity contribution in [3.63, 3.8) is 0 Å². The number of alkyl carbamates (subject to hydrolysis) is 1. The second-order valence-corrected chi connectivity index (χ2v) is 10.7. The highest BCUT2D eigenvalue weighted by Gasteiger charge is 2.43. The maximum Gasteiger partial charge on any atom is 0.453 e. The Morgan fingerprint density at radius 1 is 0.744 bits per heavy atom. The predicted octanol–water partition coefficient (Wildman–Crippen LogP) is 5.82. The first-order chi connectivity index (χ1) is 18.6. The monoisotopic (exact) mass is 555 g/mol. The zero-order valence-corrected chi connectivity index (χ0v) is 22.9. The number of benzene rings is 3. The molecular formula is C28H30NO9P. The average molecular weight is 556 g/mol. The molecule has 0 spiro atoms. The van der Waals surface area contributed by atoms with Crippen molar-refractivity contribution in [2.24, 2.45) is 5.92 Å². The molecule has 0 bridgehead atoms. The van der Waals surface area contributed by atoms with Crippen molar-refractivity contribution in [2.75, 3.05) is 14.2 Å². The van der Waals surface area contributed by atoms with E-state index in [4.69, 9.17) is 23.3 Å². The van der Waals surface area contributed by atoms with Gasteiger partial charge in [0.25, 0.3) is 0 Å². The zero-order valence-electron chi connectivity index (χ0n) is 22.0. The van der Waals surface area contributed by atoms with E-state index in [1.807, 2.05) is 18.2 Å². The summed E-state index contributed by atoms with van der Waals surface area (Å²) >= 11 is 0. The third-order valence-corrected chi connectivity index (χ3v) is 7.80. The van der Waals surface area contributed by atoms with Crippen LogP contribution in [0.25, 0.3) is 0 Å². The first kappa shape index (κ1) is 29.3. The Morgan fingerprint density at radius 3 is 1.62 bits per heavy atom. The summed E-state index contributed by atoms with van der Waals surface area (Å²) in [5.74, 6) is -2.40. The molecule has 0 radical (unpaired) electrons. The molecule has 3 aromatic carbocycles. The van der Waals surface area contributed by atoms with Crippen LogP contribution in [0.5, 0.6) is 11.5 Å². The van der Waals surface area contributed by atoms with Gasteiger partial charge in [-0.15, -0.1) is 0 Å². The number of esters is 2. The fourth-order valence-electron chi connectivity index (χ4n) is 3.46. The maximum absolute atomic E-state index is 14.4. The molecule has 0 aliphatic carbocycles. The number of ether oxygens (including phenoxy) is 3. The molecule has 1 amide bonds. The quantitative estimate of drug-likeness (QED) is 0.177. The Balaban J connectivity index is 1.88. The summed E-state index contributed by atoms with van der Waals surface area (Å²) in [4.78, 5) is 36.3. The van der Waals surface area contributed by atoms with Crippen molar-refractivity contribution >= 4 is 25.6 Å². The lowest BCUT2D eigenvalue weighted by molar-refractivity contribution is 0.0592. The smallest absolute Gasteiger partial charge is 0.453 e. The fourth-order valence-corrected chi connectivity index (χ4v) is 5.55.